The van der Waals surface area contributed by atoms with Gasteiger partial charge in [0.25, 0.3) is 0 Å². The minimum atomic E-state index is -0.830. The van der Waals surface area contributed by atoms with Crippen LogP contribution in [0.2, 0.25) is 5.02 Å². The van der Waals surface area contributed by atoms with Crippen molar-refractivity contribution in [1.29, 1.82) is 5.26 Å². The summed E-state index contributed by atoms with van der Waals surface area (Å²) in [6.45, 7) is 1.43. The lowest BCUT2D eigenvalue weighted by molar-refractivity contribution is -0.117. The van der Waals surface area contributed by atoms with Gasteiger partial charge in [-0.2, -0.15) is 5.26 Å². The van der Waals surface area contributed by atoms with Gasteiger partial charge in [0.05, 0.1) is 16.8 Å². The van der Waals surface area contributed by atoms with E-state index in [-0.39, 0.29) is 10.7 Å². The van der Waals surface area contributed by atoms with Crippen LogP contribution in [0.4, 0.5) is 10.1 Å². The number of rotatable bonds is 2. The van der Waals surface area contributed by atoms with Crippen LogP contribution in [0.3, 0.4) is 0 Å². The average molecular weight is 227 g/mol. The smallest absolute Gasteiger partial charge is 0.241 e. The summed E-state index contributed by atoms with van der Waals surface area (Å²) in [5.41, 5.74) is -0.0189. The van der Waals surface area contributed by atoms with Crippen LogP contribution in [-0.4, -0.2) is 5.91 Å². The van der Waals surface area contributed by atoms with E-state index in [1.165, 1.54) is 25.1 Å². The third-order valence-electron chi connectivity index (χ3n) is 1.80. The molecule has 0 fully saturated rings. The van der Waals surface area contributed by atoms with Gasteiger partial charge in [-0.25, -0.2) is 4.39 Å². The van der Waals surface area contributed by atoms with Gasteiger partial charge in [0.1, 0.15) is 5.92 Å². The molecule has 1 rings (SSSR count). The Bertz CT molecular complexity index is 428. The van der Waals surface area contributed by atoms with Gasteiger partial charge in [0, 0.05) is 0 Å². The molecule has 3 nitrogen and oxygen atoms in total. The number of nitriles is 1. The van der Waals surface area contributed by atoms with Gasteiger partial charge in [-0.15, -0.1) is 0 Å². The molecule has 0 aliphatic rings. The first-order valence-corrected chi connectivity index (χ1v) is 4.58. The Morgan fingerprint density at radius 1 is 1.67 bits per heavy atom. The summed E-state index contributed by atoms with van der Waals surface area (Å²) in [5, 5.41) is 10.7. The highest BCUT2D eigenvalue weighted by Gasteiger charge is 2.14. The molecule has 15 heavy (non-hydrogen) atoms. The predicted molar refractivity (Wildman–Crippen MR) is 54.8 cm³/mol. The van der Waals surface area contributed by atoms with E-state index in [1.54, 1.807) is 6.07 Å². The number of hydrogen-bond donors (Lipinski definition) is 1. The lowest BCUT2D eigenvalue weighted by Crippen LogP contribution is -2.19. The zero-order valence-electron chi connectivity index (χ0n) is 7.92. The van der Waals surface area contributed by atoms with Crippen molar-refractivity contribution in [2.45, 2.75) is 6.92 Å². The fraction of sp³-hybridized carbons (Fsp3) is 0.200. The Labute approximate surface area is 91.5 Å². The summed E-state index contributed by atoms with van der Waals surface area (Å²) in [6, 6.07) is 6.02. The second kappa shape index (κ2) is 4.76. The van der Waals surface area contributed by atoms with E-state index < -0.39 is 17.6 Å². The lowest BCUT2D eigenvalue weighted by Gasteiger charge is -2.07. The van der Waals surface area contributed by atoms with Crippen LogP contribution in [0.5, 0.6) is 0 Å². The monoisotopic (exact) mass is 226 g/mol. The second-order valence-electron chi connectivity index (χ2n) is 2.94. The van der Waals surface area contributed by atoms with Crippen LogP contribution in [0, 0.1) is 23.1 Å². The highest BCUT2D eigenvalue weighted by molar-refractivity contribution is 6.31. The van der Waals surface area contributed by atoms with Crippen LogP contribution in [0.25, 0.3) is 0 Å². The van der Waals surface area contributed by atoms with Gasteiger partial charge in [0.2, 0.25) is 5.91 Å². The van der Waals surface area contributed by atoms with Crippen molar-refractivity contribution < 1.29 is 9.18 Å². The van der Waals surface area contributed by atoms with Crippen molar-refractivity contribution in [3.63, 3.8) is 0 Å². The summed E-state index contributed by atoms with van der Waals surface area (Å²) < 4.78 is 13.3. The van der Waals surface area contributed by atoms with E-state index in [0.29, 0.717) is 0 Å². The highest BCUT2D eigenvalue weighted by atomic mass is 35.5. The van der Waals surface area contributed by atoms with E-state index in [0.717, 1.165) is 0 Å². The Morgan fingerprint density at radius 3 is 2.93 bits per heavy atom. The van der Waals surface area contributed by atoms with Gasteiger partial charge in [-0.3, -0.25) is 4.79 Å². The van der Waals surface area contributed by atoms with Gasteiger partial charge in [0.15, 0.2) is 5.82 Å². The van der Waals surface area contributed by atoms with Crippen molar-refractivity contribution in [3.05, 3.63) is 29.0 Å². The van der Waals surface area contributed by atoms with E-state index in [1.807, 2.05) is 0 Å². The number of carbonyl (C=O) groups excluding carboxylic acids is 1. The lowest BCUT2D eigenvalue weighted by atomic mass is 10.2. The third-order valence-corrected chi connectivity index (χ3v) is 2.09. The summed E-state index contributed by atoms with van der Waals surface area (Å²) in [4.78, 5) is 11.3. The summed E-state index contributed by atoms with van der Waals surface area (Å²) in [5.74, 6) is -2.08. The molecule has 0 spiro atoms. The Kier molecular flexibility index (Phi) is 3.64. The largest absolute Gasteiger partial charge is 0.322 e. The van der Waals surface area contributed by atoms with Crippen LogP contribution in [0.15, 0.2) is 18.2 Å². The zero-order valence-corrected chi connectivity index (χ0v) is 8.68. The van der Waals surface area contributed by atoms with Crippen LogP contribution >= 0.6 is 11.6 Å². The number of carbonyl (C=O) groups is 1. The maximum atomic E-state index is 13.3. The minimum absolute atomic E-state index is 0.0189. The maximum Gasteiger partial charge on any atom is 0.241 e. The molecule has 1 unspecified atom stereocenters. The zero-order chi connectivity index (χ0) is 11.4. The fourth-order valence-electron chi connectivity index (χ4n) is 0.900. The number of anilines is 1. The molecule has 0 radical (unpaired) electrons. The first-order chi connectivity index (χ1) is 7.06. The SMILES string of the molecule is CC(C#N)C(=O)Nc1cccc(Cl)c1F. The average Bonchev–Trinajstić information content (AvgIpc) is 2.23. The molecule has 0 aliphatic carbocycles. The Hall–Kier alpha value is -1.60. The van der Waals surface area contributed by atoms with E-state index >= 15 is 0 Å². The molecule has 0 aliphatic heterocycles. The fourth-order valence-corrected chi connectivity index (χ4v) is 1.07. The van der Waals surface area contributed by atoms with Gasteiger partial charge in [-0.1, -0.05) is 17.7 Å². The first kappa shape index (κ1) is 11.5. The molecule has 1 aromatic rings. The predicted octanol–water partition coefficient (Wildman–Crippen LogP) is 2.58. The van der Waals surface area contributed by atoms with Gasteiger partial charge < -0.3 is 5.32 Å². The van der Waals surface area contributed by atoms with Crippen molar-refractivity contribution in [2.75, 3.05) is 5.32 Å². The summed E-state index contributed by atoms with van der Waals surface area (Å²) in [6.07, 6.45) is 0. The molecular formula is C10H8ClFN2O. The number of nitrogens with zero attached hydrogens (tertiary/aromatic N) is 1. The topological polar surface area (TPSA) is 52.9 Å². The highest BCUT2D eigenvalue weighted by Crippen LogP contribution is 2.22. The molecule has 0 bridgehead atoms. The van der Waals surface area contributed by atoms with Crippen molar-refractivity contribution in [1.82, 2.24) is 0 Å². The summed E-state index contributed by atoms with van der Waals surface area (Å²) >= 11 is 5.52. The Morgan fingerprint density at radius 2 is 2.33 bits per heavy atom. The number of halogens is 2. The molecular weight excluding hydrogens is 219 g/mol. The second-order valence-corrected chi connectivity index (χ2v) is 3.35. The number of nitrogens with one attached hydrogen (secondary N) is 1. The quantitative estimate of drug-likeness (QED) is 0.843. The van der Waals surface area contributed by atoms with Crippen LogP contribution in [0.1, 0.15) is 6.92 Å². The van der Waals surface area contributed by atoms with Crippen molar-refractivity contribution in [2.24, 2.45) is 5.92 Å². The minimum Gasteiger partial charge on any atom is -0.322 e. The van der Waals surface area contributed by atoms with Gasteiger partial charge in [-0.05, 0) is 19.1 Å². The molecule has 1 aromatic carbocycles. The Balaban J connectivity index is 2.87. The molecule has 0 aromatic heterocycles. The number of benzene rings is 1. The molecule has 1 atom stereocenters. The van der Waals surface area contributed by atoms with Crippen LogP contribution < -0.4 is 5.32 Å². The number of amides is 1. The molecule has 0 saturated carbocycles. The molecule has 78 valence electrons. The standard InChI is InChI=1S/C10H8ClFN2O/c1-6(5-13)10(15)14-8-4-2-3-7(11)9(8)12/h2-4,6H,1H3,(H,14,15). The molecule has 0 heterocycles. The maximum absolute atomic E-state index is 13.3. The number of hydrogen-bond acceptors (Lipinski definition) is 2. The molecule has 5 heteroatoms. The van der Waals surface area contributed by atoms with Gasteiger partial charge >= 0.3 is 0 Å². The van der Waals surface area contributed by atoms with E-state index in [9.17, 15) is 9.18 Å². The molecule has 0 saturated heterocycles. The van der Waals surface area contributed by atoms with E-state index in [4.69, 9.17) is 16.9 Å². The van der Waals surface area contributed by atoms with E-state index in [2.05, 4.69) is 5.32 Å². The van der Waals surface area contributed by atoms with Crippen LogP contribution in [-0.2, 0) is 4.79 Å². The molecule has 1 N–H and O–H groups in total. The molecule has 1 amide bonds. The van der Waals surface area contributed by atoms with Crippen molar-refractivity contribution in [3.8, 4) is 6.07 Å². The normalized spacial score (nSPS) is 11.6. The first-order valence-electron chi connectivity index (χ1n) is 4.20. The van der Waals surface area contributed by atoms with Crippen molar-refractivity contribution >= 4 is 23.2 Å². The summed E-state index contributed by atoms with van der Waals surface area (Å²) in [7, 11) is 0. The third kappa shape index (κ3) is 2.67.